The number of rotatable bonds is 6. The Hall–Kier alpha value is -1.73. The van der Waals surface area contributed by atoms with Gasteiger partial charge in [-0.15, -0.1) is 0 Å². The summed E-state index contributed by atoms with van der Waals surface area (Å²) in [6.45, 7) is 1.96. The van der Waals surface area contributed by atoms with Crippen LogP contribution in [0.1, 0.15) is 37.2 Å². The van der Waals surface area contributed by atoms with Crippen molar-refractivity contribution in [2.45, 2.75) is 36.2 Å². The average Bonchev–Trinajstić information content (AvgIpc) is 3.34. The van der Waals surface area contributed by atoms with E-state index >= 15 is 0 Å². The third kappa shape index (κ3) is 3.77. The van der Waals surface area contributed by atoms with E-state index in [4.69, 9.17) is 11.6 Å². The summed E-state index contributed by atoms with van der Waals surface area (Å²) in [7, 11) is -3.20. The highest BCUT2D eigenvalue weighted by molar-refractivity contribution is 7.90. The van der Waals surface area contributed by atoms with Gasteiger partial charge >= 0.3 is 0 Å². The maximum absolute atomic E-state index is 13.5. The molecule has 3 rings (SSSR count). The van der Waals surface area contributed by atoms with Crippen molar-refractivity contribution in [1.82, 2.24) is 9.97 Å². The molecule has 1 unspecified atom stereocenters. The molecule has 1 aromatic carbocycles. The van der Waals surface area contributed by atoms with Gasteiger partial charge in [-0.3, -0.25) is 0 Å². The van der Waals surface area contributed by atoms with Gasteiger partial charge in [0.2, 0.25) is 0 Å². The Balaban J connectivity index is 1.76. The quantitative estimate of drug-likeness (QED) is 0.823. The Kier molecular flexibility index (Phi) is 4.72. The fraction of sp³-hybridized carbons (Fsp3) is 0.412. The molecule has 8 heteroatoms. The SMILES string of the molecule is CC(F)c1ncnc(NCC2(c3ccc(S(C)(=O)=O)cc3)CC2)c1Cl. The molecule has 1 atom stereocenters. The molecule has 0 saturated heterocycles. The molecular formula is C17H19ClFN3O2S. The van der Waals surface area contributed by atoms with Crippen molar-refractivity contribution in [3.63, 3.8) is 0 Å². The highest BCUT2D eigenvalue weighted by Crippen LogP contribution is 2.48. The number of aromatic nitrogens is 2. The van der Waals surface area contributed by atoms with Crippen molar-refractivity contribution >= 4 is 27.3 Å². The van der Waals surface area contributed by atoms with Gasteiger partial charge in [-0.2, -0.15) is 0 Å². The summed E-state index contributed by atoms with van der Waals surface area (Å²) >= 11 is 6.18. The van der Waals surface area contributed by atoms with Gasteiger partial charge in [-0.25, -0.2) is 22.8 Å². The second-order valence-electron chi connectivity index (χ2n) is 6.47. The Bertz CT molecular complexity index is 881. The zero-order chi connectivity index (χ0) is 18.2. The lowest BCUT2D eigenvalue weighted by molar-refractivity contribution is 0.365. The minimum atomic E-state index is -3.20. The van der Waals surface area contributed by atoms with Gasteiger partial charge in [0, 0.05) is 18.2 Å². The average molecular weight is 384 g/mol. The van der Waals surface area contributed by atoms with Crippen LogP contribution in [0.5, 0.6) is 0 Å². The van der Waals surface area contributed by atoms with E-state index in [1.54, 1.807) is 12.1 Å². The highest BCUT2D eigenvalue weighted by Gasteiger charge is 2.44. The standard InChI is InChI=1S/C17H19ClFN3O2S/c1-11(19)15-14(18)16(22-10-21-15)20-9-17(7-8-17)12-3-5-13(6-4-12)25(2,23)24/h3-6,10-11H,7-9H2,1-2H3,(H,20,21,22). The highest BCUT2D eigenvalue weighted by atomic mass is 35.5. The number of nitrogens with zero attached hydrogens (tertiary/aromatic N) is 2. The summed E-state index contributed by atoms with van der Waals surface area (Å²) in [6.07, 6.45) is 3.17. The summed E-state index contributed by atoms with van der Waals surface area (Å²) in [5, 5.41) is 3.38. The number of nitrogens with one attached hydrogen (secondary N) is 1. The molecule has 1 heterocycles. The third-order valence-corrected chi connectivity index (χ3v) is 6.04. The molecule has 0 amide bonds. The molecule has 134 valence electrons. The number of hydrogen-bond acceptors (Lipinski definition) is 5. The van der Waals surface area contributed by atoms with Crippen LogP contribution in [-0.2, 0) is 15.3 Å². The molecule has 0 spiro atoms. The van der Waals surface area contributed by atoms with Crippen LogP contribution in [0.3, 0.4) is 0 Å². The second-order valence-corrected chi connectivity index (χ2v) is 8.86. The molecule has 1 saturated carbocycles. The topological polar surface area (TPSA) is 72.0 Å². The lowest BCUT2D eigenvalue weighted by Gasteiger charge is -2.18. The molecule has 1 aliphatic carbocycles. The van der Waals surface area contributed by atoms with E-state index in [0.717, 1.165) is 18.4 Å². The first-order valence-electron chi connectivity index (χ1n) is 7.92. The lowest BCUT2D eigenvalue weighted by atomic mass is 9.96. The fourth-order valence-corrected chi connectivity index (χ4v) is 3.76. The lowest BCUT2D eigenvalue weighted by Crippen LogP contribution is -2.20. The predicted molar refractivity (Wildman–Crippen MR) is 95.5 cm³/mol. The van der Waals surface area contributed by atoms with Crippen LogP contribution in [0, 0.1) is 0 Å². The molecule has 1 aromatic heterocycles. The van der Waals surface area contributed by atoms with E-state index in [0.29, 0.717) is 17.3 Å². The van der Waals surface area contributed by atoms with Crippen molar-refractivity contribution in [3.05, 3.63) is 46.9 Å². The Labute approximate surface area is 151 Å². The van der Waals surface area contributed by atoms with Crippen molar-refractivity contribution in [2.24, 2.45) is 0 Å². The van der Waals surface area contributed by atoms with Crippen LogP contribution < -0.4 is 5.32 Å². The van der Waals surface area contributed by atoms with Crippen molar-refractivity contribution < 1.29 is 12.8 Å². The number of sulfone groups is 1. The molecule has 0 bridgehead atoms. The number of anilines is 1. The van der Waals surface area contributed by atoms with E-state index in [-0.39, 0.29) is 16.1 Å². The Morgan fingerprint density at radius 3 is 2.44 bits per heavy atom. The van der Waals surface area contributed by atoms with Gasteiger partial charge in [0.15, 0.2) is 9.84 Å². The van der Waals surface area contributed by atoms with Crippen molar-refractivity contribution in [1.29, 1.82) is 0 Å². The summed E-state index contributed by atoms with van der Waals surface area (Å²) in [4.78, 5) is 8.27. The Morgan fingerprint density at radius 1 is 1.28 bits per heavy atom. The predicted octanol–water partition coefficient (Wildman–Crippen LogP) is 3.71. The number of hydrogen-bond donors (Lipinski definition) is 1. The molecular weight excluding hydrogens is 365 g/mol. The normalized spacial score (nSPS) is 17.1. The van der Waals surface area contributed by atoms with E-state index in [1.807, 2.05) is 12.1 Å². The number of halogens is 2. The number of benzene rings is 1. The maximum Gasteiger partial charge on any atom is 0.175 e. The molecule has 0 aliphatic heterocycles. The van der Waals surface area contributed by atoms with E-state index in [9.17, 15) is 12.8 Å². The van der Waals surface area contributed by atoms with Crippen molar-refractivity contribution in [2.75, 3.05) is 18.1 Å². The molecule has 2 aromatic rings. The van der Waals surface area contributed by atoms with Gasteiger partial charge in [0.05, 0.1) is 10.6 Å². The summed E-state index contributed by atoms with van der Waals surface area (Å²) in [5.74, 6) is 0.412. The van der Waals surface area contributed by atoms with E-state index in [1.165, 1.54) is 19.5 Å². The molecule has 5 nitrogen and oxygen atoms in total. The first-order chi connectivity index (χ1) is 11.7. The van der Waals surface area contributed by atoms with Gasteiger partial charge < -0.3 is 5.32 Å². The molecule has 1 fully saturated rings. The van der Waals surface area contributed by atoms with Crippen LogP contribution >= 0.6 is 11.6 Å². The zero-order valence-corrected chi connectivity index (χ0v) is 15.5. The maximum atomic E-state index is 13.5. The van der Waals surface area contributed by atoms with Crippen LogP contribution in [-0.4, -0.2) is 31.2 Å². The largest absolute Gasteiger partial charge is 0.368 e. The molecule has 0 radical (unpaired) electrons. The van der Waals surface area contributed by atoms with Gasteiger partial charge in [-0.05, 0) is 37.5 Å². The van der Waals surface area contributed by atoms with Crippen LogP contribution in [0.25, 0.3) is 0 Å². The minimum Gasteiger partial charge on any atom is -0.368 e. The zero-order valence-electron chi connectivity index (χ0n) is 14.0. The first kappa shape index (κ1) is 18.1. The van der Waals surface area contributed by atoms with Gasteiger partial charge in [0.25, 0.3) is 0 Å². The fourth-order valence-electron chi connectivity index (χ4n) is 2.81. The molecule has 1 aliphatic rings. The molecule has 1 N–H and O–H groups in total. The van der Waals surface area contributed by atoms with Crippen molar-refractivity contribution in [3.8, 4) is 0 Å². The summed E-state index contributed by atoms with van der Waals surface area (Å²) in [5.41, 5.74) is 1.16. The monoisotopic (exact) mass is 383 g/mol. The second kappa shape index (κ2) is 6.53. The summed E-state index contributed by atoms with van der Waals surface area (Å²) < 4.78 is 36.7. The van der Waals surface area contributed by atoms with Crippen LogP contribution in [0.4, 0.5) is 10.2 Å². The number of alkyl halides is 1. The van der Waals surface area contributed by atoms with Crippen LogP contribution in [0.2, 0.25) is 5.02 Å². The first-order valence-corrected chi connectivity index (χ1v) is 10.2. The summed E-state index contributed by atoms with van der Waals surface area (Å²) in [6, 6.07) is 6.96. The molecule has 25 heavy (non-hydrogen) atoms. The smallest absolute Gasteiger partial charge is 0.175 e. The third-order valence-electron chi connectivity index (χ3n) is 4.54. The van der Waals surface area contributed by atoms with Gasteiger partial charge in [-0.1, -0.05) is 23.7 Å². The van der Waals surface area contributed by atoms with E-state index < -0.39 is 16.0 Å². The Morgan fingerprint density at radius 2 is 1.92 bits per heavy atom. The van der Waals surface area contributed by atoms with E-state index in [2.05, 4.69) is 15.3 Å². The van der Waals surface area contributed by atoms with Gasteiger partial charge in [0.1, 0.15) is 23.3 Å². The minimum absolute atomic E-state index is 0.0776. The van der Waals surface area contributed by atoms with Crippen LogP contribution in [0.15, 0.2) is 35.5 Å².